The second-order valence-electron chi connectivity index (χ2n) is 5.20. The van der Waals surface area contributed by atoms with Crippen molar-refractivity contribution in [2.45, 2.75) is 66.3 Å². The third-order valence-corrected chi connectivity index (χ3v) is 3.98. The van der Waals surface area contributed by atoms with Crippen molar-refractivity contribution in [3.63, 3.8) is 0 Å². The molecule has 0 aliphatic heterocycles. The zero-order valence-electron chi connectivity index (χ0n) is 11.3. The summed E-state index contributed by atoms with van der Waals surface area (Å²) < 4.78 is 0. The van der Waals surface area contributed by atoms with Crippen LogP contribution in [0, 0.1) is 11.3 Å². The molecule has 3 N–H and O–H groups in total. The highest BCUT2D eigenvalue weighted by atomic mass is 15.0. The van der Waals surface area contributed by atoms with Crippen molar-refractivity contribution >= 4 is 0 Å². The van der Waals surface area contributed by atoms with Gasteiger partial charge in [-0.15, -0.1) is 0 Å². The number of rotatable bonds is 8. The van der Waals surface area contributed by atoms with Crippen LogP contribution in [0.1, 0.15) is 60.3 Å². The van der Waals surface area contributed by atoms with Crippen LogP contribution in [0.3, 0.4) is 0 Å². The molecule has 0 aliphatic carbocycles. The Kier molecular flexibility index (Phi) is 7.20. The minimum Gasteiger partial charge on any atom is -0.318 e. The van der Waals surface area contributed by atoms with Gasteiger partial charge >= 0.3 is 0 Å². The van der Waals surface area contributed by atoms with E-state index in [0.717, 1.165) is 5.92 Å². The van der Waals surface area contributed by atoms with Crippen LogP contribution in [0.15, 0.2) is 0 Å². The lowest BCUT2D eigenvalue weighted by Crippen LogP contribution is -2.37. The van der Waals surface area contributed by atoms with Gasteiger partial charge in [0.1, 0.15) is 0 Å². The van der Waals surface area contributed by atoms with Gasteiger partial charge in [-0.1, -0.05) is 47.5 Å². The van der Waals surface area contributed by atoms with E-state index in [2.05, 4.69) is 39.9 Å². The number of nitrogens with one attached hydrogen (secondary N) is 1. The first-order valence-corrected chi connectivity index (χ1v) is 6.45. The van der Waals surface area contributed by atoms with E-state index in [1.807, 2.05) is 0 Å². The summed E-state index contributed by atoms with van der Waals surface area (Å²) in [7, 11) is 0. The van der Waals surface area contributed by atoms with Gasteiger partial charge in [0.05, 0.1) is 0 Å². The molecular formula is C13H30N2. The Bertz CT molecular complexity index is 155. The molecule has 0 rings (SSSR count). The van der Waals surface area contributed by atoms with Crippen LogP contribution in [0.5, 0.6) is 0 Å². The highest BCUT2D eigenvalue weighted by molar-refractivity contribution is 4.80. The molecule has 0 fully saturated rings. The summed E-state index contributed by atoms with van der Waals surface area (Å²) >= 11 is 0. The summed E-state index contributed by atoms with van der Waals surface area (Å²) in [5.74, 6) is 0.798. The van der Waals surface area contributed by atoms with E-state index in [4.69, 9.17) is 5.73 Å². The van der Waals surface area contributed by atoms with Gasteiger partial charge in [0.25, 0.3) is 0 Å². The molecule has 15 heavy (non-hydrogen) atoms. The molecule has 0 radical (unpaired) electrons. The second kappa shape index (κ2) is 7.24. The van der Waals surface area contributed by atoms with Crippen molar-refractivity contribution in [1.29, 1.82) is 0 Å². The van der Waals surface area contributed by atoms with Gasteiger partial charge in [-0.05, 0) is 24.2 Å². The van der Waals surface area contributed by atoms with Gasteiger partial charge in [-0.3, -0.25) is 0 Å². The Labute approximate surface area is 96.0 Å². The fourth-order valence-corrected chi connectivity index (χ4v) is 2.23. The van der Waals surface area contributed by atoms with Crippen LogP contribution in [0.25, 0.3) is 0 Å². The summed E-state index contributed by atoms with van der Waals surface area (Å²) in [6.45, 7) is 12.2. The van der Waals surface area contributed by atoms with Gasteiger partial charge in [0.15, 0.2) is 0 Å². The molecular weight excluding hydrogens is 184 g/mol. The van der Waals surface area contributed by atoms with E-state index >= 15 is 0 Å². The average Bonchev–Trinajstić information content (AvgIpc) is 2.23. The maximum absolute atomic E-state index is 5.55. The third kappa shape index (κ3) is 4.98. The topological polar surface area (TPSA) is 38.0 Å². The monoisotopic (exact) mass is 214 g/mol. The van der Waals surface area contributed by atoms with Gasteiger partial charge in [-0.25, -0.2) is 0 Å². The number of hydrogen-bond acceptors (Lipinski definition) is 2. The van der Waals surface area contributed by atoms with E-state index in [0.29, 0.717) is 18.1 Å². The predicted octanol–water partition coefficient (Wildman–Crippen LogP) is 3.12. The lowest BCUT2D eigenvalue weighted by molar-refractivity contribution is 0.167. The first-order valence-electron chi connectivity index (χ1n) is 6.45. The standard InChI is InChI=1S/C13H30N2/c1-6-11(13(4,5)8-3)9-12(7-2)15-10-14/h11-12,15H,6-10,14H2,1-5H3. The summed E-state index contributed by atoms with van der Waals surface area (Å²) in [4.78, 5) is 0. The van der Waals surface area contributed by atoms with Crippen LogP contribution in [0.4, 0.5) is 0 Å². The summed E-state index contributed by atoms with van der Waals surface area (Å²) in [5, 5.41) is 3.37. The number of nitrogens with two attached hydrogens (primary N) is 1. The van der Waals surface area contributed by atoms with E-state index in [1.165, 1.54) is 25.7 Å². The maximum atomic E-state index is 5.55. The molecule has 0 heterocycles. The largest absolute Gasteiger partial charge is 0.318 e. The molecule has 0 saturated carbocycles. The van der Waals surface area contributed by atoms with Crippen LogP contribution in [0.2, 0.25) is 0 Å². The van der Waals surface area contributed by atoms with Crippen molar-refractivity contribution in [2.24, 2.45) is 17.1 Å². The molecule has 0 aliphatic rings. The molecule has 0 amide bonds. The van der Waals surface area contributed by atoms with Crippen LogP contribution >= 0.6 is 0 Å². The Morgan fingerprint density at radius 3 is 2.07 bits per heavy atom. The molecule has 0 saturated heterocycles. The van der Waals surface area contributed by atoms with Gasteiger partial charge in [0, 0.05) is 12.7 Å². The molecule has 2 atom stereocenters. The minimum absolute atomic E-state index is 0.457. The van der Waals surface area contributed by atoms with Crippen molar-refractivity contribution in [3.05, 3.63) is 0 Å². The first kappa shape index (κ1) is 14.9. The molecule has 2 unspecified atom stereocenters. The van der Waals surface area contributed by atoms with Crippen LogP contribution < -0.4 is 11.1 Å². The molecule has 0 aromatic carbocycles. The SMILES string of the molecule is CCC(CC(CC)C(C)(C)CC)NCN. The Morgan fingerprint density at radius 2 is 1.73 bits per heavy atom. The summed E-state index contributed by atoms with van der Waals surface area (Å²) in [5.41, 5.74) is 6.01. The van der Waals surface area contributed by atoms with Gasteiger partial charge < -0.3 is 11.1 Å². The van der Waals surface area contributed by atoms with E-state index in [-0.39, 0.29) is 0 Å². The summed E-state index contributed by atoms with van der Waals surface area (Å²) in [6.07, 6.45) is 4.95. The molecule has 0 aromatic rings. The minimum atomic E-state index is 0.457. The molecule has 0 aromatic heterocycles. The van der Waals surface area contributed by atoms with Crippen molar-refractivity contribution in [2.75, 3.05) is 6.67 Å². The zero-order valence-corrected chi connectivity index (χ0v) is 11.3. The molecule has 92 valence electrons. The Morgan fingerprint density at radius 1 is 1.13 bits per heavy atom. The maximum Gasteiger partial charge on any atom is 0.0430 e. The Balaban J connectivity index is 4.29. The molecule has 2 nitrogen and oxygen atoms in total. The van der Waals surface area contributed by atoms with Gasteiger partial charge in [0.2, 0.25) is 0 Å². The first-order chi connectivity index (χ1) is 7.01. The third-order valence-electron chi connectivity index (χ3n) is 3.98. The molecule has 0 spiro atoms. The lowest BCUT2D eigenvalue weighted by Gasteiger charge is -2.35. The highest BCUT2D eigenvalue weighted by Crippen LogP contribution is 2.36. The van der Waals surface area contributed by atoms with Crippen LogP contribution in [-0.4, -0.2) is 12.7 Å². The quantitative estimate of drug-likeness (QED) is 0.609. The second-order valence-corrected chi connectivity index (χ2v) is 5.20. The van der Waals surface area contributed by atoms with E-state index in [9.17, 15) is 0 Å². The molecule has 2 heteroatoms. The summed E-state index contributed by atoms with van der Waals surface area (Å²) in [6, 6.07) is 0.589. The molecule has 0 bridgehead atoms. The number of hydrogen-bond donors (Lipinski definition) is 2. The van der Waals surface area contributed by atoms with Crippen LogP contribution in [-0.2, 0) is 0 Å². The fraction of sp³-hybridized carbons (Fsp3) is 1.00. The van der Waals surface area contributed by atoms with Crippen molar-refractivity contribution in [3.8, 4) is 0 Å². The average molecular weight is 214 g/mol. The van der Waals surface area contributed by atoms with E-state index < -0.39 is 0 Å². The predicted molar refractivity (Wildman–Crippen MR) is 68.7 cm³/mol. The zero-order chi connectivity index (χ0) is 11.9. The van der Waals surface area contributed by atoms with Gasteiger partial charge in [-0.2, -0.15) is 0 Å². The lowest BCUT2D eigenvalue weighted by atomic mass is 9.72. The Hall–Kier alpha value is -0.0800. The fourth-order valence-electron chi connectivity index (χ4n) is 2.23. The van der Waals surface area contributed by atoms with Crippen molar-refractivity contribution < 1.29 is 0 Å². The van der Waals surface area contributed by atoms with E-state index in [1.54, 1.807) is 0 Å². The van der Waals surface area contributed by atoms with Crippen molar-refractivity contribution in [1.82, 2.24) is 5.32 Å². The smallest absolute Gasteiger partial charge is 0.0430 e. The normalized spacial score (nSPS) is 16.4. The highest BCUT2D eigenvalue weighted by Gasteiger charge is 2.27.